The van der Waals surface area contributed by atoms with Crippen LogP contribution in [0.5, 0.6) is 0 Å². The van der Waals surface area contributed by atoms with E-state index in [1.807, 2.05) is 124 Å². The van der Waals surface area contributed by atoms with Gasteiger partial charge in [0, 0.05) is 34.7 Å². The molecule has 1 saturated heterocycles. The second kappa shape index (κ2) is 19.6. The minimum Gasteiger partial charge on any atom is -0.469 e. The van der Waals surface area contributed by atoms with Gasteiger partial charge in [0.2, 0.25) is 17.7 Å². The molecule has 17 heteroatoms. The highest BCUT2D eigenvalue weighted by molar-refractivity contribution is 7.15. The average molecular weight is 956 g/mol. The Balaban J connectivity index is 0.905. The monoisotopic (exact) mass is 955 g/mol. The second-order valence-corrected chi connectivity index (χ2v) is 20.6. The number of aryl methyl sites for hydroxylation is 3. The van der Waals surface area contributed by atoms with E-state index in [9.17, 15) is 24.3 Å². The smallest absolute Gasteiger partial charge is 0.308 e. The number of thiazole rings is 1. The van der Waals surface area contributed by atoms with Crippen LogP contribution < -0.4 is 16.0 Å². The number of aliphatic imine (C=N–C) groups is 1. The Morgan fingerprint density at radius 2 is 1.53 bits per heavy atom. The fourth-order valence-electron chi connectivity index (χ4n) is 8.78. The molecule has 0 saturated carbocycles. The van der Waals surface area contributed by atoms with Crippen molar-refractivity contribution < 1.29 is 29.0 Å². The maximum absolute atomic E-state index is 14.2. The molecule has 68 heavy (non-hydrogen) atoms. The number of rotatable bonds is 13. The van der Waals surface area contributed by atoms with Gasteiger partial charge in [-0.3, -0.25) is 28.7 Å². The molecule has 4 N–H and O–H groups in total. The zero-order valence-electron chi connectivity index (χ0n) is 39.7. The number of β-amino-alcohol motifs (C(OH)–C–C–N with tert-alkyl or cyclic N) is 1. The number of nitrogens with one attached hydrogen (secondary N) is 3. The van der Waals surface area contributed by atoms with Crippen LogP contribution in [0.1, 0.15) is 97.1 Å². The summed E-state index contributed by atoms with van der Waals surface area (Å²) in [6, 6.07) is 21.0. The van der Waals surface area contributed by atoms with Crippen molar-refractivity contribution in [2.75, 3.05) is 25.5 Å². The third kappa shape index (κ3) is 9.87. The van der Waals surface area contributed by atoms with Gasteiger partial charge < -0.3 is 30.7 Å². The van der Waals surface area contributed by atoms with Gasteiger partial charge in [-0.2, -0.15) is 0 Å². The third-order valence-electron chi connectivity index (χ3n) is 12.7. The largest absolute Gasteiger partial charge is 0.469 e. The van der Waals surface area contributed by atoms with Gasteiger partial charge >= 0.3 is 5.97 Å². The van der Waals surface area contributed by atoms with E-state index in [2.05, 4.69) is 45.0 Å². The molecule has 0 bridgehead atoms. The molecule has 2 aliphatic heterocycles. The molecule has 3 aromatic carbocycles. The van der Waals surface area contributed by atoms with Gasteiger partial charge in [0.05, 0.1) is 54.0 Å². The molecule has 1 fully saturated rings. The Bertz CT molecular complexity index is 2880. The molecule has 354 valence electrons. The number of hydrogen-bond donors (Lipinski definition) is 4. The number of amides is 3. The summed E-state index contributed by atoms with van der Waals surface area (Å²) < 4.78 is 7.04. The van der Waals surface area contributed by atoms with Crippen molar-refractivity contribution in [1.29, 1.82) is 0 Å². The molecule has 15 nitrogen and oxygen atoms in total. The molecule has 3 amide bonds. The van der Waals surface area contributed by atoms with Crippen LogP contribution in [-0.4, -0.2) is 97.5 Å². The number of aliphatic hydroxyl groups excluding tert-OH is 1. The van der Waals surface area contributed by atoms with E-state index < -0.39 is 41.5 Å². The van der Waals surface area contributed by atoms with Crippen molar-refractivity contribution in [2.45, 2.75) is 98.5 Å². The molecule has 6 aromatic rings. The second-order valence-electron chi connectivity index (χ2n) is 18.6. The van der Waals surface area contributed by atoms with E-state index in [0.29, 0.717) is 17.3 Å². The predicted octanol–water partition coefficient (Wildman–Crippen LogP) is 7.59. The first kappa shape index (κ1) is 47.9. The van der Waals surface area contributed by atoms with Crippen molar-refractivity contribution >= 4 is 57.8 Å². The molecule has 0 radical (unpaired) electrons. The molecule has 0 unspecified atom stereocenters. The van der Waals surface area contributed by atoms with Crippen LogP contribution >= 0.6 is 22.7 Å². The number of ether oxygens (including phenoxy) is 1. The lowest BCUT2D eigenvalue weighted by molar-refractivity contribution is -0.144. The van der Waals surface area contributed by atoms with Crippen molar-refractivity contribution in [3.8, 4) is 26.6 Å². The SMILES string of the molecule is COC(=O)C[C@@H]1N=C(c2ccc(-c3ccc(NCC(=O)N[C@H](C(=O)N4C[C@H](O)C[C@H]4C(=O)N[C@@H](C)c4ccc(-c5scnc5C)cc4)C(C)(C)C)cc3)cc2)c2c(sc(C)c2C)-n2c(C)nnc21. The molecule has 3 aromatic heterocycles. The summed E-state index contributed by atoms with van der Waals surface area (Å²) in [5.41, 5.74) is 10.4. The number of aliphatic hydroxyl groups is 1. The molecular formula is C51H57N9O6S2. The van der Waals surface area contributed by atoms with Gasteiger partial charge in [-0.25, -0.2) is 4.98 Å². The number of likely N-dealkylation sites (tertiary alicyclic amines) is 1. The minimum atomic E-state index is -0.964. The highest BCUT2D eigenvalue weighted by Gasteiger charge is 2.45. The Morgan fingerprint density at radius 3 is 2.16 bits per heavy atom. The maximum atomic E-state index is 14.2. The minimum absolute atomic E-state index is 0.0184. The highest BCUT2D eigenvalue weighted by Crippen LogP contribution is 2.40. The van der Waals surface area contributed by atoms with Crippen LogP contribution in [0.2, 0.25) is 0 Å². The number of hydrogen-bond acceptors (Lipinski definition) is 13. The molecule has 2 aliphatic rings. The molecular weight excluding hydrogens is 899 g/mol. The van der Waals surface area contributed by atoms with Crippen molar-refractivity contribution in [1.82, 2.24) is 35.3 Å². The van der Waals surface area contributed by atoms with Crippen LogP contribution in [0.3, 0.4) is 0 Å². The summed E-state index contributed by atoms with van der Waals surface area (Å²) in [5, 5.41) is 29.6. The fraction of sp³-hybridized carbons (Fsp3) is 0.373. The lowest BCUT2D eigenvalue weighted by atomic mass is 9.85. The Morgan fingerprint density at radius 1 is 0.882 bits per heavy atom. The first-order valence-electron chi connectivity index (χ1n) is 22.6. The van der Waals surface area contributed by atoms with E-state index in [1.165, 1.54) is 12.0 Å². The van der Waals surface area contributed by atoms with Crippen LogP contribution in [0.15, 0.2) is 83.3 Å². The molecule has 0 aliphatic carbocycles. The zero-order chi connectivity index (χ0) is 48.6. The normalized spacial score (nSPS) is 17.6. The van der Waals surface area contributed by atoms with Crippen LogP contribution in [0.4, 0.5) is 5.69 Å². The molecule has 0 spiro atoms. The van der Waals surface area contributed by atoms with E-state index in [0.717, 1.165) is 65.1 Å². The number of carbonyl (C=O) groups is 4. The predicted molar refractivity (Wildman–Crippen MR) is 265 cm³/mol. The van der Waals surface area contributed by atoms with Crippen molar-refractivity contribution in [3.63, 3.8) is 0 Å². The Kier molecular flexibility index (Phi) is 13.8. The number of methoxy groups -OCH3 is 1. The number of benzene rings is 3. The van der Waals surface area contributed by atoms with E-state index in [-0.39, 0.29) is 43.8 Å². The number of carbonyl (C=O) groups excluding carboxylic acids is 4. The number of anilines is 1. The van der Waals surface area contributed by atoms with Crippen LogP contribution in [-0.2, 0) is 23.9 Å². The number of fused-ring (bicyclic) bond motifs is 3. The van der Waals surface area contributed by atoms with Crippen LogP contribution in [0, 0.1) is 33.1 Å². The zero-order valence-corrected chi connectivity index (χ0v) is 41.3. The first-order chi connectivity index (χ1) is 32.4. The summed E-state index contributed by atoms with van der Waals surface area (Å²) >= 11 is 3.23. The topological polar surface area (TPSA) is 193 Å². The number of nitrogens with zero attached hydrogens (tertiary/aromatic N) is 6. The summed E-state index contributed by atoms with van der Waals surface area (Å²) in [7, 11) is 1.37. The lowest BCUT2D eigenvalue weighted by Crippen LogP contribution is -2.58. The van der Waals surface area contributed by atoms with Gasteiger partial charge in [-0.15, -0.1) is 32.9 Å². The summed E-state index contributed by atoms with van der Waals surface area (Å²) in [4.78, 5) is 67.2. The van der Waals surface area contributed by atoms with E-state index in [1.54, 1.807) is 22.7 Å². The Hall–Kier alpha value is -6.56. The summed E-state index contributed by atoms with van der Waals surface area (Å²) in [5.74, 6) is -0.261. The molecule has 5 atom stereocenters. The quantitative estimate of drug-likeness (QED) is 0.0839. The summed E-state index contributed by atoms with van der Waals surface area (Å²) in [6.07, 6.45) is -0.766. The summed E-state index contributed by atoms with van der Waals surface area (Å²) in [6.45, 7) is 15.4. The third-order valence-corrected chi connectivity index (χ3v) is 14.9. The Labute approximate surface area is 404 Å². The lowest BCUT2D eigenvalue weighted by Gasteiger charge is -2.35. The van der Waals surface area contributed by atoms with Gasteiger partial charge in [0.25, 0.3) is 0 Å². The van der Waals surface area contributed by atoms with E-state index in [4.69, 9.17) is 9.73 Å². The highest BCUT2D eigenvalue weighted by atomic mass is 32.1. The van der Waals surface area contributed by atoms with Gasteiger partial charge in [0.15, 0.2) is 5.82 Å². The van der Waals surface area contributed by atoms with Crippen molar-refractivity contribution in [2.24, 2.45) is 10.4 Å². The average Bonchev–Trinajstić information content (AvgIpc) is 4.09. The molecule has 8 rings (SSSR count). The first-order valence-corrected chi connectivity index (χ1v) is 24.3. The van der Waals surface area contributed by atoms with Gasteiger partial charge in [-0.1, -0.05) is 81.4 Å². The standard InChI is InChI=1S/C51H57N9O6S2/c1-27-30(4)68-50-43(27)44(55-39(23-42(63)66-9)47-58-57-31(5)60(47)50)35-14-12-33(13-15-35)34-18-20-37(21-19-34)52-24-41(62)56-46(51(6,7)8)49(65)59-25-38(61)22-40(59)48(64)54-28(2)32-10-16-36(17-11-32)45-29(3)53-26-67-45/h10-21,26,28,38-40,46,52,61H,22-25H2,1-9H3,(H,54,64)(H,56,62)/t28-,38+,39-,40-,46+/m0/s1. The van der Waals surface area contributed by atoms with Gasteiger partial charge in [0.1, 0.15) is 29.0 Å². The van der Waals surface area contributed by atoms with Gasteiger partial charge in [-0.05, 0) is 80.0 Å². The molecule has 5 heterocycles. The van der Waals surface area contributed by atoms with E-state index >= 15 is 0 Å². The number of thiophene rings is 1. The van der Waals surface area contributed by atoms with Crippen LogP contribution in [0.25, 0.3) is 26.6 Å². The number of esters is 1. The fourth-order valence-corrected chi connectivity index (χ4v) is 10.8. The van der Waals surface area contributed by atoms with Crippen molar-refractivity contribution in [3.05, 3.63) is 123 Å². The maximum Gasteiger partial charge on any atom is 0.308 e. The number of aromatic nitrogens is 4.